The van der Waals surface area contributed by atoms with E-state index in [9.17, 15) is 19.2 Å². The lowest BCUT2D eigenvalue weighted by atomic mass is 10.2. The number of likely N-dealkylation sites (tertiary alicyclic amines) is 1. The van der Waals surface area contributed by atoms with E-state index in [0.717, 1.165) is 0 Å². The van der Waals surface area contributed by atoms with Crippen LogP contribution in [-0.4, -0.2) is 39.4 Å². The summed E-state index contributed by atoms with van der Waals surface area (Å²) in [4.78, 5) is 45.9. The van der Waals surface area contributed by atoms with Crippen LogP contribution >= 0.6 is 11.8 Å². The van der Waals surface area contributed by atoms with Crippen molar-refractivity contribution in [1.29, 1.82) is 0 Å². The standard InChI is InChI=1S/C11H15NO4S/c1-3-8(14)4-5-17-9-6-10(15)12(7(2)13)11(9)16/h9H,3-6H2,1-2H3. The second-order valence-corrected chi connectivity index (χ2v) is 5.10. The summed E-state index contributed by atoms with van der Waals surface area (Å²) in [6.45, 7) is 2.98. The summed E-state index contributed by atoms with van der Waals surface area (Å²) in [7, 11) is 0. The Labute approximate surface area is 104 Å². The van der Waals surface area contributed by atoms with Crippen molar-refractivity contribution in [2.45, 2.75) is 38.4 Å². The highest BCUT2D eigenvalue weighted by atomic mass is 32.2. The highest BCUT2D eigenvalue weighted by Crippen LogP contribution is 2.25. The summed E-state index contributed by atoms with van der Waals surface area (Å²) < 4.78 is 0. The van der Waals surface area contributed by atoms with Gasteiger partial charge in [-0.15, -0.1) is 11.8 Å². The zero-order valence-corrected chi connectivity index (χ0v) is 10.7. The van der Waals surface area contributed by atoms with Crippen LogP contribution in [0.2, 0.25) is 0 Å². The van der Waals surface area contributed by atoms with Gasteiger partial charge >= 0.3 is 0 Å². The normalized spacial score (nSPS) is 19.9. The first-order valence-corrected chi connectivity index (χ1v) is 6.53. The number of carbonyl (C=O) groups excluding carboxylic acids is 4. The molecule has 0 aromatic heterocycles. The van der Waals surface area contributed by atoms with Crippen molar-refractivity contribution >= 4 is 35.3 Å². The third kappa shape index (κ3) is 3.39. The van der Waals surface area contributed by atoms with Gasteiger partial charge in [0.15, 0.2) is 0 Å². The number of amides is 3. The van der Waals surface area contributed by atoms with Crippen LogP contribution in [0, 0.1) is 0 Å². The van der Waals surface area contributed by atoms with E-state index in [1.165, 1.54) is 18.7 Å². The molecule has 1 heterocycles. The molecule has 3 amide bonds. The van der Waals surface area contributed by atoms with Crippen molar-refractivity contribution in [1.82, 2.24) is 4.90 Å². The predicted octanol–water partition coefficient (Wildman–Crippen LogP) is 0.763. The molecule has 0 spiro atoms. The molecule has 17 heavy (non-hydrogen) atoms. The molecule has 1 unspecified atom stereocenters. The van der Waals surface area contributed by atoms with Crippen molar-refractivity contribution in [2.75, 3.05) is 5.75 Å². The molecule has 1 rings (SSSR count). The minimum atomic E-state index is -0.535. The number of hydrogen-bond donors (Lipinski definition) is 0. The molecule has 0 aromatic rings. The quantitative estimate of drug-likeness (QED) is 0.680. The number of Topliss-reactive ketones (excluding diaryl/α,β-unsaturated/α-hetero) is 1. The number of nitrogens with zero attached hydrogens (tertiary/aromatic N) is 1. The summed E-state index contributed by atoms with van der Waals surface area (Å²) in [5.74, 6) is -0.772. The van der Waals surface area contributed by atoms with E-state index in [1.54, 1.807) is 6.92 Å². The van der Waals surface area contributed by atoms with Crippen molar-refractivity contribution in [3.63, 3.8) is 0 Å². The maximum atomic E-state index is 11.7. The second kappa shape index (κ2) is 5.95. The van der Waals surface area contributed by atoms with Gasteiger partial charge in [-0.2, -0.15) is 0 Å². The Hall–Kier alpha value is -1.17. The molecule has 6 heteroatoms. The lowest BCUT2D eigenvalue weighted by Gasteiger charge is -2.09. The van der Waals surface area contributed by atoms with Crippen LogP contribution in [0.4, 0.5) is 0 Å². The largest absolute Gasteiger partial charge is 0.300 e. The summed E-state index contributed by atoms with van der Waals surface area (Å²) in [6, 6.07) is 0. The average molecular weight is 257 g/mol. The first kappa shape index (κ1) is 13.9. The van der Waals surface area contributed by atoms with E-state index in [0.29, 0.717) is 23.5 Å². The molecule has 5 nitrogen and oxygen atoms in total. The van der Waals surface area contributed by atoms with Crippen LogP contribution in [0.3, 0.4) is 0 Å². The van der Waals surface area contributed by atoms with Crippen molar-refractivity contribution < 1.29 is 19.2 Å². The Kier molecular flexibility index (Phi) is 4.86. The third-order valence-electron chi connectivity index (χ3n) is 2.51. The number of hydrogen-bond acceptors (Lipinski definition) is 5. The fourth-order valence-electron chi connectivity index (χ4n) is 1.56. The lowest BCUT2D eigenvalue weighted by Crippen LogP contribution is -2.35. The van der Waals surface area contributed by atoms with Crippen LogP contribution in [0.25, 0.3) is 0 Å². The number of carbonyl (C=O) groups is 4. The Balaban J connectivity index is 2.47. The van der Waals surface area contributed by atoms with Gasteiger partial charge < -0.3 is 0 Å². The number of thioether (sulfide) groups is 1. The van der Waals surface area contributed by atoms with Gasteiger partial charge in [0.25, 0.3) is 0 Å². The van der Waals surface area contributed by atoms with Gasteiger partial charge in [0.2, 0.25) is 17.7 Å². The fourth-order valence-corrected chi connectivity index (χ4v) is 2.70. The van der Waals surface area contributed by atoms with E-state index in [-0.39, 0.29) is 12.2 Å². The molecule has 0 bridgehead atoms. The van der Waals surface area contributed by atoms with Gasteiger partial charge in [-0.1, -0.05) is 6.92 Å². The summed E-state index contributed by atoms with van der Waals surface area (Å²) >= 11 is 1.28. The average Bonchev–Trinajstić information content (AvgIpc) is 2.53. The highest BCUT2D eigenvalue weighted by Gasteiger charge is 2.40. The predicted molar refractivity (Wildman–Crippen MR) is 63.3 cm³/mol. The molecule has 0 saturated carbocycles. The third-order valence-corrected chi connectivity index (χ3v) is 3.72. The van der Waals surface area contributed by atoms with E-state index >= 15 is 0 Å². The minimum Gasteiger partial charge on any atom is -0.300 e. The van der Waals surface area contributed by atoms with Gasteiger partial charge in [0.05, 0.1) is 5.25 Å². The summed E-state index contributed by atoms with van der Waals surface area (Å²) in [5.41, 5.74) is 0. The maximum absolute atomic E-state index is 11.7. The Morgan fingerprint density at radius 3 is 2.53 bits per heavy atom. The monoisotopic (exact) mass is 257 g/mol. The topological polar surface area (TPSA) is 71.5 Å². The van der Waals surface area contributed by atoms with Gasteiger partial charge in [-0.3, -0.25) is 19.2 Å². The molecule has 1 atom stereocenters. The molecule has 1 aliphatic rings. The molecule has 94 valence electrons. The lowest BCUT2D eigenvalue weighted by molar-refractivity contribution is -0.148. The summed E-state index contributed by atoms with van der Waals surface area (Å²) in [5, 5.41) is -0.504. The Morgan fingerprint density at radius 1 is 1.41 bits per heavy atom. The molecule has 0 N–H and O–H groups in total. The molecule has 0 aromatic carbocycles. The molecular formula is C11H15NO4S. The zero-order chi connectivity index (χ0) is 13.0. The fraction of sp³-hybridized carbons (Fsp3) is 0.636. The molecule has 0 aliphatic carbocycles. The SMILES string of the molecule is CCC(=O)CCSC1CC(=O)N(C(C)=O)C1=O. The Morgan fingerprint density at radius 2 is 2.06 bits per heavy atom. The maximum Gasteiger partial charge on any atom is 0.249 e. The van der Waals surface area contributed by atoms with Crippen LogP contribution in [0.5, 0.6) is 0 Å². The van der Waals surface area contributed by atoms with Gasteiger partial charge in [-0.05, 0) is 0 Å². The van der Waals surface area contributed by atoms with Crippen LogP contribution in [-0.2, 0) is 19.2 Å². The van der Waals surface area contributed by atoms with Crippen molar-refractivity contribution in [2.24, 2.45) is 0 Å². The highest BCUT2D eigenvalue weighted by molar-refractivity contribution is 8.00. The van der Waals surface area contributed by atoms with Crippen LogP contribution in [0.15, 0.2) is 0 Å². The second-order valence-electron chi connectivity index (χ2n) is 3.79. The van der Waals surface area contributed by atoms with Crippen molar-refractivity contribution in [3.05, 3.63) is 0 Å². The number of ketones is 1. The number of rotatable bonds is 5. The molecule has 1 aliphatic heterocycles. The molecule has 0 radical (unpaired) electrons. The van der Waals surface area contributed by atoms with E-state index in [1.807, 2.05) is 0 Å². The van der Waals surface area contributed by atoms with E-state index in [4.69, 9.17) is 0 Å². The summed E-state index contributed by atoms with van der Waals surface area (Å²) in [6.07, 6.45) is 0.945. The first-order valence-electron chi connectivity index (χ1n) is 5.48. The van der Waals surface area contributed by atoms with Gasteiger partial charge in [0.1, 0.15) is 5.78 Å². The zero-order valence-electron chi connectivity index (χ0n) is 9.89. The molecule has 1 saturated heterocycles. The van der Waals surface area contributed by atoms with Gasteiger partial charge in [-0.25, -0.2) is 4.90 Å². The Bertz CT molecular complexity index is 366. The van der Waals surface area contributed by atoms with Crippen LogP contribution in [0.1, 0.15) is 33.1 Å². The smallest absolute Gasteiger partial charge is 0.249 e. The molecule has 1 fully saturated rings. The molecular weight excluding hydrogens is 242 g/mol. The van der Waals surface area contributed by atoms with Gasteiger partial charge in [0, 0.05) is 31.9 Å². The number of imide groups is 3. The van der Waals surface area contributed by atoms with Crippen molar-refractivity contribution in [3.8, 4) is 0 Å². The van der Waals surface area contributed by atoms with Crippen LogP contribution < -0.4 is 0 Å². The van der Waals surface area contributed by atoms with E-state index < -0.39 is 23.0 Å². The minimum absolute atomic E-state index is 0.0589. The van der Waals surface area contributed by atoms with E-state index in [2.05, 4.69) is 0 Å². The first-order chi connectivity index (χ1) is 7.97.